The Morgan fingerprint density at radius 3 is 2.41 bits per heavy atom. The number of hydrogen-bond acceptors (Lipinski definition) is 5. The number of para-hydroxylation sites is 2. The molecule has 0 aliphatic carbocycles. The third kappa shape index (κ3) is 4.21. The summed E-state index contributed by atoms with van der Waals surface area (Å²) in [6.45, 7) is -0.118. The number of methoxy groups -OCH3 is 1. The standard InChI is InChI=1S/C16H17NO5/c1-20-14-4-2-3-5-15(14)22-13-8-6-12(7-9-13)16(19)17-21-11-10-18/h2-9,18H,10-11H2,1H3,(H,17,19). The summed E-state index contributed by atoms with van der Waals surface area (Å²) in [5.74, 6) is 1.41. The maximum Gasteiger partial charge on any atom is 0.274 e. The van der Waals surface area contributed by atoms with Crippen LogP contribution in [0.3, 0.4) is 0 Å². The van der Waals surface area contributed by atoms with Gasteiger partial charge < -0.3 is 14.6 Å². The summed E-state index contributed by atoms with van der Waals surface area (Å²) < 4.78 is 10.9. The van der Waals surface area contributed by atoms with Crippen molar-refractivity contribution in [3.05, 3.63) is 54.1 Å². The molecule has 0 fully saturated rings. The summed E-state index contributed by atoms with van der Waals surface area (Å²) >= 11 is 0. The normalized spacial score (nSPS) is 10.1. The number of amides is 1. The van der Waals surface area contributed by atoms with E-state index in [0.717, 1.165) is 0 Å². The smallest absolute Gasteiger partial charge is 0.274 e. The van der Waals surface area contributed by atoms with Gasteiger partial charge in [-0.2, -0.15) is 0 Å². The number of aliphatic hydroxyl groups is 1. The third-order valence-electron chi connectivity index (χ3n) is 2.77. The average Bonchev–Trinajstić information content (AvgIpc) is 2.56. The van der Waals surface area contributed by atoms with E-state index < -0.39 is 5.91 Å². The Morgan fingerprint density at radius 1 is 1.09 bits per heavy atom. The van der Waals surface area contributed by atoms with Crippen LogP contribution in [-0.4, -0.2) is 31.3 Å². The Balaban J connectivity index is 2.01. The Kier molecular flexibility index (Phi) is 5.76. The Morgan fingerprint density at radius 2 is 1.77 bits per heavy atom. The van der Waals surface area contributed by atoms with Crippen LogP contribution in [0.4, 0.5) is 0 Å². The van der Waals surface area contributed by atoms with E-state index in [1.165, 1.54) is 0 Å². The van der Waals surface area contributed by atoms with Gasteiger partial charge in [-0.25, -0.2) is 5.48 Å². The molecular formula is C16H17NO5. The van der Waals surface area contributed by atoms with Gasteiger partial charge in [-0.3, -0.25) is 9.63 Å². The minimum Gasteiger partial charge on any atom is -0.493 e. The molecule has 22 heavy (non-hydrogen) atoms. The molecule has 0 aliphatic rings. The van der Waals surface area contributed by atoms with Gasteiger partial charge >= 0.3 is 0 Å². The number of carbonyl (C=O) groups is 1. The molecule has 0 heterocycles. The van der Waals surface area contributed by atoms with Crippen LogP contribution in [0.1, 0.15) is 10.4 Å². The van der Waals surface area contributed by atoms with E-state index in [1.807, 2.05) is 12.1 Å². The van der Waals surface area contributed by atoms with Crippen LogP contribution >= 0.6 is 0 Å². The molecule has 2 N–H and O–H groups in total. The zero-order chi connectivity index (χ0) is 15.8. The lowest BCUT2D eigenvalue weighted by molar-refractivity contribution is 0.0168. The zero-order valence-electron chi connectivity index (χ0n) is 12.1. The van der Waals surface area contributed by atoms with Crippen molar-refractivity contribution in [2.75, 3.05) is 20.3 Å². The van der Waals surface area contributed by atoms with Crippen molar-refractivity contribution in [2.24, 2.45) is 0 Å². The molecule has 0 aliphatic heterocycles. The molecule has 0 bridgehead atoms. The first-order valence-electron chi connectivity index (χ1n) is 6.68. The van der Waals surface area contributed by atoms with Crippen LogP contribution in [0.15, 0.2) is 48.5 Å². The molecular weight excluding hydrogens is 286 g/mol. The molecule has 0 unspecified atom stereocenters. The van der Waals surface area contributed by atoms with Crippen LogP contribution in [0.2, 0.25) is 0 Å². The fourth-order valence-electron chi connectivity index (χ4n) is 1.73. The molecule has 0 spiro atoms. The van der Waals surface area contributed by atoms with Crippen molar-refractivity contribution >= 4 is 5.91 Å². The maximum absolute atomic E-state index is 11.7. The summed E-state index contributed by atoms with van der Waals surface area (Å²) in [5, 5.41) is 8.57. The number of ether oxygens (including phenoxy) is 2. The van der Waals surface area contributed by atoms with Gasteiger partial charge in [-0.05, 0) is 36.4 Å². The minimum absolute atomic E-state index is 0.0424. The van der Waals surface area contributed by atoms with E-state index in [4.69, 9.17) is 19.4 Å². The highest BCUT2D eigenvalue weighted by Crippen LogP contribution is 2.30. The SMILES string of the molecule is COc1ccccc1Oc1ccc(C(=O)NOCCO)cc1. The van der Waals surface area contributed by atoms with Crippen molar-refractivity contribution in [2.45, 2.75) is 0 Å². The van der Waals surface area contributed by atoms with E-state index in [1.54, 1.807) is 43.5 Å². The Labute approximate surface area is 128 Å². The van der Waals surface area contributed by atoms with Crippen LogP contribution in [0.25, 0.3) is 0 Å². The topological polar surface area (TPSA) is 77.0 Å². The van der Waals surface area contributed by atoms with Crippen molar-refractivity contribution in [3.63, 3.8) is 0 Å². The van der Waals surface area contributed by atoms with E-state index in [9.17, 15) is 4.79 Å². The molecule has 0 atom stereocenters. The van der Waals surface area contributed by atoms with Gasteiger partial charge in [0.1, 0.15) is 5.75 Å². The summed E-state index contributed by atoms with van der Waals surface area (Å²) in [6, 6.07) is 13.9. The van der Waals surface area contributed by atoms with Crippen molar-refractivity contribution < 1.29 is 24.2 Å². The second-order valence-corrected chi connectivity index (χ2v) is 4.28. The van der Waals surface area contributed by atoms with Crippen molar-refractivity contribution in [1.29, 1.82) is 0 Å². The number of rotatable bonds is 7. The minimum atomic E-state index is -0.391. The molecule has 6 heteroatoms. The zero-order valence-corrected chi connectivity index (χ0v) is 12.1. The fraction of sp³-hybridized carbons (Fsp3) is 0.188. The van der Waals surface area contributed by atoms with Gasteiger partial charge in [-0.15, -0.1) is 0 Å². The second-order valence-electron chi connectivity index (χ2n) is 4.28. The first-order valence-corrected chi connectivity index (χ1v) is 6.68. The highest BCUT2D eigenvalue weighted by atomic mass is 16.7. The second kappa shape index (κ2) is 8.02. The number of carbonyl (C=O) groups excluding carboxylic acids is 1. The number of hydroxylamine groups is 1. The molecule has 0 saturated heterocycles. The van der Waals surface area contributed by atoms with Crippen LogP contribution < -0.4 is 15.0 Å². The van der Waals surface area contributed by atoms with E-state index in [0.29, 0.717) is 22.8 Å². The van der Waals surface area contributed by atoms with Crippen molar-refractivity contribution in [1.82, 2.24) is 5.48 Å². The molecule has 6 nitrogen and oxygen atoms in total. The first-order chi connectivity index (χ1) is 10.7. The highest BCUT2D eigenvalue weighted by molar-refractivity contribution is 5.93. The number of nitrogens with one attached hydrogen (secondary N) is 1. The number of aliphatic hydroxyl groups excluding tert-OH is 1. The average molecular weight is 303 g/mol. The number of hydrogen-bond donors (Lipinski definition) is 2. The highest BCUT2D eigenvalue weighted by Gasteiger charge is 2.07. The first kappa shape index (κ1) is 15.8. The molecule has 2 aromatic rings. The Hall–Kier alpha value is -2.57. The Bertz CT molecular complexity index is 612. The van der Waals surface area contributed by atoms with Gasteiger partial charge in [0.25, 0.3) is 5.91 Å². The fourth-order valence-corrected chi connectivity index (χ4v) is 1.73. The predicted octanol–water partition coefficient (Wildman–Crippen LogP) is 2.14. The molecule has 116 valence electrons. The quantitative estimate of drug-likeness (QED) is 0.605. The summed E-state index contributed by atoms with van der Waals surface area (Å²) in [5.41, 5.74) is 2.65. The van der Waals surface area contributed by atoms with Gasteiger partial charge in [-0.1, -0.05) is 12.1 Å². The summed E-state index contributed by atoms with van der Waals surface area (Å²) in [4.78, 5) is 16.5. The third-order valence-corrected chi connectivity index (χ3v) is 2.77. The predicted molar refractivity (Wildman–Crippen MR) is 80.0 cm³/mol. The largest absolute Gasteiger partial charge is 0.493 e. The summed E-state index contributed by atoms with van der Waals surface area (Å²) in [6.07, 6.45) is 0. The lowest BCUT2D eigenvalue weighted by atomic mass is 10.2. The van der Waals surface area contributed by atoms with E-state index in [2.05, 4.69) is 5.48 Å². The lowest BCUT2D eigenvalue weighted by Gasteiger charge is -2.10. The molecule has 1 amide bonds. The van der Waals surface area contributed by atoms with Gasteiger partial charge in [0.05, 0.1) is 20.3 Å². The maximum atomic E-state index is 11.7. The van der Waals surface area contributed by atoms with Gasteiger partial charge in [0.15, 0.2) is 11.5 Å². The molecule has 2 aromatic carbocycles. The van der Waals surface area contributed by atoms with E-state index in [-0.39, 0.29) is 13.2 Å². The molecule has 0 saturated carbocycles. The van der Waals surface area contributed by atoms with Crippen LogP contribution in [0.5, 0.6) is 17.2 Å². The van der Waals surface area contributed by atoms with Crippen LogP contribution in [-0.2, 0) is 4.84 Å². The monoisotopic (exact) mass is 303 g/mol. The van der Waals surface area contributed by atoms with E-state index >= 15 is 0 Å². The summed E-state index contributed by atoms with van der Waals surface area (Å²) in [7, 11) is 1.57. The molecule has 0 radical (unpaired) electrons. The van der Waals surface area contributed by atoms with Crippen LogP contribution in [0, 0.1) is 0 Å². The van der Waals surface area contributed by atoms with Gasteiger partial charge in [0.2, 0.25) is 0 Å². The molecule has 2 rings (SSSR count). The lowest BCUT2D eigenvalue weighted by Crippen LogP contribution is -2.25. The number of benzene rings is 2. The molecule has 0 aromatic heterocycles. The van der Waals surface area contributed by atoms with Crippen molar-refractivity contribution in [3.8, 4) is 17.2 Å². The van der Waals surface area contributed by atoms with Gasteiger partial charge in [0, 0.05) is 5.56 Å².